The second-order valence-corrected chi connectivity index (χ2v) is 8.49. The number of sulfonamides is 1. The van der Waals surface area contributed by atoms with Crippen LogP contribution in [0.15, 0.2) is 47.4 Å². The van der Waals surface area contributed by atoms with Crippen molar-refractivity contribution in [3.63, 3.8) is 0 Å². The number of nitrogens with zero attached hydrogens (tertiary/aromatic N) is 1. The Labute approximate surface area is 171 Å². The molecule has 0 unspecified atom stereocenters. The van der Waals surface area contributed by atoms with Gasteiger partial charge in [0.25, 0.3) is 5.91 Å². The van der Waals surface area contributed by atoms with Gasteiger partial charge in [-0.1, -0.05) is 43.6 Å². The molecule has 2 aromatic carbocycles. The van der Waals surface area contributed by atoms with Gasteiger partial charge in [-0.3, -0.25) is 4.79 Å². The van der Waals surface area contributed by atoms with E-state index in [1.165, 1.54) is 22.5 Å². The minimum atomic E-state index is -3.78. The Morgan fingerprint density at radius 2 is 1.82 bits per heavy atom. The largest absolute Gasteiger partial charge is 0.496 e. The molecule has 1 amide bonds. The predicted octanol–water partition coefficient (Wildman–Crippen LogP) is 3.87. The molecule has 1 N–H and O–H groups in total. The number of hydrogen-bond acceptors (Lipinski definition) is 4. The van der Waals surface area contributed by atoms with Crippen LogP contribution >= 0.6 is 11.6 Å². The highest BCUT2D eigenvalue weighted by Crippen LogP contribution is 2.27. The summed E-state index contributed by atoms with van der Waals surface area (Å²) in [7, 11) is -2.21. The van der Waals surface area contributed by atoms with Crippen molar-refractivity contribution in [1.29, 1.82) is 0 Å². The van der Waals surface area contributed by atoms with Crippen LogP contribution in [0.1, 0.15) is 42.7 Å². The summed E-state index contributed by atoms with van der Waals surface area (Å²) >= 11 is 6.13. The van der Waals surface area contributed by atoms with Gasteiger partial charge >= 0.3 is 0 Å². The molecule has 0 bridgehead atoms. The third-order valence-electron chi connectivity index (χ3n) is 4.47. The van der Waals surface area contributed by atoms with Crippen molar-refractivity contribution in [2.45, 2.75) is 31.7 Å². The Kier molecular flexibility index (Phi) is 7.46. The number of hydrogen-bond donors (Lipinski definition) is 1. The van der Waals surface area contributed by atoms with Crippen LogP contribution in [0.2, 0.25) is 5.02 Å². The Balaban J connectivity index is 2.32. The number of halogens is 1. The summed E-state index contributed by atoms with van der Waals surface area (Å²) in [4.78, 5) is 12.7. The Morgan fingerprint density at radius 3 is 2.43 bits per heavy atom. The molecule has 0 saturated heterocycles. The van der Waals surface area contributed by atoms with E-state index >= 15 is 0 Å². The second-order valence-electron chi connectivity index (χ2n) is 6.17. The van der Waals surface area contributed by atoms with Gasteiger partial charge in [-0.2, -0.15) is 4.31 Å². The van der Waals surface area contributed by atoms with Gasteiger partial charge in [0.1, 0.15) is 10.6 Å². The van der Waals surface area contributed by atoms with Gasteiger partial charge in [-0.15, -0.1) is 0 Å². The molecular weight excluding hydrogens is 400 g/mol. The minimum Gasteiger partial charge on any atom is -0.496 e. The van der Waals surface area contributed by atoms with E-state index in [1.807, 2.05) is 31.2 Å². The zero-order chi connectivity index (χ0) is 20.9. The van der Waals surface area contributed by atoms with E-state index in [4.69, 9.17) is 16.3 Å². The van der Waals surface area contributed by atoms with Gasteiger partial charge in [-0.05, 0) is 31.2 Å². The van der Waals surface area contributed by atoms with E-state index in [9.17, 15) is 13.2 Å². The number of methoxy groups -OCH3 is 1. The topological polar surface area (TPSA) is 75.7 Å². The number of nitrogens with one attached hydrogen (secondary N) is 1. The number of carbonyl (C=O) groups excluding carboxylic acids is 1. The SMILES string of the molecule is CCN(CC)S(=O)(=O)c1cc(C(=O)N[C@H](C)c2ccccc2OC)ccc1Cl. The van der Waals surface area contributed by atoms with Crippen LogP contribution in [0.4, 0.5) is 0 Å². The molecule has 0 radical (unpaired) electrons. The number of carbonyl (C=O) groups is 1. The van der Waals surface area contributed by atoms with E-state index in [2.05, 4.69) is 5.32 Å². The number of benzene rings is 2. The molecule has 8 heteroatoms. The summed E-state index contributed by atoms with van der Waals surface area (Å²) in [5, 5.41) is 2.96. The fourth-order valence-electron chi connectivity index (χ4n) is 2.93. The predicted molar refractivity (Wildman–Crippen MR) is 110 cm³/mol. The number of rotatable bonds is 8. The molecule has 152 valence electrons. The molecule has 0 aliphatic rings. The van der Waals surface area contributed by atoms with Crippen LogP contribution in [0, 0.1) is 0 Å². The molecule has 0 aromatic heterocycles. The molecule has 0 fully saturated rings. The molecule has 0 aliphatic heterocycles. The quantitative estimate of drug-likeness (QED) is 0.697. The van der Waals surface area contributed by atoms with E-state index in [0.29, 0.717) is 18.8 Å². The highest BCUT2D eigenvalue weighted by molar-refractivity contribution is 7.89. The first-order chi connectivity index (χ1) is 13.3. The first-order valence-corrected chi connectivity index (χ1v) is 10.8. The Bertz CT molecular complexity index is 943. The van der Waals surface area contributed by atoms with Crippen molar-refractivity contribution in [3.8, 4) is 5.75 Å². The fraction of sp³-hybridized carbons (Fsp3) is 0.350. The molecule has 0 spiro atoms. The van der Waals surface area contributed by atoms with Gasteiger partial charge in [0.15, 0.2) is 0 Å². The van der Waals surface area contributed by atoms with Crippen LogP contribution in [0.3, 0.4) is 0 Å². The summed E-state index contributed by atoms with van der Waals surface area (Å²) < 4.78 is 32.3. The molecular formula is C20H25ClN2O4S. The summed E-state index contributed by atoms with van der Waals surface area (Å²) in [5.74, 6) is 0.266. The van der Waals surface area contributed by atoms with Crippen LogP contribution in [-0.4, -0.2) is 38.8 Å². The van der Waals surface area contributed by atoms with Gasteiger partial charge in [0.05, 0.1) is 18.2 Å². The molecule has 0 heterocycles. The van der Waals surface area contributed by atoms with E-state index in [-0.39, 0.29) is 21.5 Å². The summed E-state index contributed by atoms with van der Waals surface area (Å²) in [6.07, 6.45) is 0. The maximum absolute atomic E-state index is 12.8. The average Bonchev–Trinajstić information content (AvgIpc) is 2.68. The molecule has 0 saturated carbocycles. The summed E-state index contributed by atoms with van der Waals surface area (Å²) in [6.45, 7) is 5.97. The monoisotopic (exact) mass is 424 g/mol. The van der Waals surface area contributed by atoms with Crippen LogP contribution < -0.4 is 10.1 Å². The molecule has 0 aliphatic carbocycles. The lowest BCUT2D eigenvalue weighted by atomic mass is 10.1. The Morgan fingerprint density at radius 1 is 1.18 bits per heavy atom. The lowest BCUT2D eigenvalue weighted by Crippen LogP contribution is -2.31. The van der Waals surface area contributed by atoms with Crippen LogP contribution in [0.25, 0.3) is 0 Å². The number of amides is 1. The zero-order valence-corrected chi connectivity index (χ0v) is 18.0. The first-order valence-electron chi connectivity index (χ1n) is 8.99. The van der Waals surface area contributed by atoms with Crippen molar-refractivity contribution < 1.29 is 17.9 Å². The number of ether oxygens (including phenoxy) is 1. The van der Waals surface area contributed by atoms with E-state index < -0.39 is 15.9 Å². The van der Waals surface area contributed by atoms with Crippen LogP contribution in [-0.2, 0) is 10.0 Å². The van der Waals surface area contributed by atoms with E-state index in [1.54, 1.807) is 21.0 Å². The van der Waals surface area contributed by atoms with Gasteiger partial charge in [-0.25, -0.2) is 8.42 Å². The van der Waals surface area contributed by atoms with Crippen molar-refractivity contribution >= 4 is 27.5 Å². The summed E-state index contributed by atoms with van der Waals surface area (Å²) in [5.41, 5.74) is 1.04. The normalized spacial score (nSPS) is 12.6. The fourth-order valence-corrected chi connectivity index (χ4v) is 4.89. The van der Waals surface area contributed by atoms with Crippen molar-refractivity contribution in [3.05, 3.63) is 58.6 Å². The standard InChI is InChI=1S/C20H25ClN2O4S/c1-5-23(6-2)28(25,26)19-13-15(11-12-17(19)21)20(24)22-14(3)16-9-7-8-10-18(16)27-4/h7-14H,5-6H2,1-4H3,(H,22,24)/t14-/m1/s1. The average molecular weight is 425 g/mol. The third kappa shape index (κ3) is 4.66. The lowest BCUT2D eigenvalue weighted by Gasteiger charge is -2.20. The molecule has 6 nitrogen and oxygen atoms in total. The number of para-hydroxylation sites is 1. The lowest BCUT2D eigenvalue weighted by molar-refractivity contribution is 0.0939. The van der Waals surface area contributed by atoms with Crippen molar-refractivity contribution in [2.24, 2.45) is 0 Å². The maximum Gasteiger partial charge on any atom is 0.251 e. The van der Waals surface area contributed by atoms with Gasteiger partial charge in [0, 0.05) is 24.2 Å². The maximum atomic E-state index is 12.8. The third-order valence-corrected chi connectivity index (χ3v) is 7.00. The first kappa shape index (κ1) is 22.2. The highest BCUT2D eigenvalue weighted by Gasteiger charge is 2.26. The zero-order valence-electron chi connectivity index (χ0n) is 16.4. The van der Waals surface area contributed by atoms with Crippen LogP contribution in [0.5, 0.6) is 5.75 Å². The van der Waals surface area contributed by atoms with Crippen molar-refractivity contribution in [1.82, 2.24) is 9.62 Å². The molecule has 28 heavy (non-hydrogen) atoms. The van der Waals surface area contributed by atoms with Crippen molar-refractivity contribution in [2.75, 3.05) is 20.2 Å². The highest BCUT2D eigenvalue weighted by atomic mass is 35.5. The molecule has 2 rings (SSSR count). The molecule has 2 aromatic rings. The Hall–Kier alpha value is -2.09. The summed E-state index contributed by atoms with van der Waals surface area (Å²) in [6, 6.07) is 11.3. The van der Waals surface area contributed by atoms with E-state index in [0.717, 1.165) is 5.56 Å². The van der Waals surface area contributed by atoms with Gasteiger partial charge < -0.3 is 10.1 Å². The van der Waals surface area contributed by atoms with Gasteiger partial charge in [0.2, 0.25) is 10.0 Å². The minimum absolute atomic E-state index is 0.0736. The second kappa shape index (κ2) is 9.41. The smallest absolute Gasteiger partial charge is 0.251 e. The molecule has 1 atom stereocenters.